The number of nitrogens with zero attached hydrogens (tertiary/aromatic N) is 2. The van der Waals surface area contributed by atoms with Gasteiger partial charge in [0.25, 0.3) is 0 Å². The van der Waals surface area contributed by atoms with E-state index in [0.717, 1.165) is 25.0 Å². The van der Waals surface area contributed by atoms with Crippen molar-refractivity contribution in [3.8, 4) is 0 Å². The van der Waals surface area contributed by atoms with Gasteiger partial charge in [-0.3, -0.25) is 9.48 Å². The molecule has 106 valence electrons. The maximum Gasteiger partial charge on any atom is 0.249 e. The van der Waals surface area contributed by atoms with Crippen LogP contribution in [0.4, 0.5) is 0 Å². The highest BCUT2D eigenvalue weighted by atomic mass is 16.5. The van der Waals surface area contributed by atoms with Crippen LogP contribution in [0.5, 0.6) is 0 Å². The molecule has 1 aliphatic rings. The van der Waals surface area contributed by atoms with Gasteiger partial charge in [-0.2, -0.15) is 5.10 Å². The molecule has 1 aromatic heterocycles. The molecule has 0 aliphatic carbocycles. The van der Waals surface area contributed by atoms with Crippen LogP contribution < -0.4 is 5.32 Å². The van der Waals surface area contributed by atoms with Crippen molar-refractivity contribution in [2.24, 2.45) is 0 Å². The number of carbonyl (C=O) groups is 1. The third-order valence-corrected chi connectivity index (χ3v) is 3.73. The second-order valence-electron chi connectivity index (χ2n) is 5.02. The Kier molecular flexibility index (Phi) is 4.58. The number of aromatic nitrogens is 2. The number of hydrogen-bond acceptors (Lipinski definition) is 3. The molecule has 1 fully saturated rings. The fourth-order valence-electron chi connectivity index (χ4n) is 2.65. The fraction of sp³-hybridized carbons (Fsp3) is 0.714. The van der Waals surface area contributed by atoms with E-state index in [1.165, 1.54) is 11.3 Å². The van der Waals surface area contributed by atoms with Crippen LogP contribution in [0.15, 0.2) is 0 Å². The first-order valence-corrected chi connectivity index (χ1v) is 7.05. The van der Waals surface area contributed by atoms with Gasteiger partial charge >= 0.3 is 0 Å². The second-order valence-corrected chi connectivity index (χ2v) is 5.02. The van der Waals surface area contributed by atoms with E-state index in [1.807, 2.05) is 11.6 Å². The molecule has 5 nitrogen and oxygen atoms in total. The lowest BCUT2D eigenvalue weighted by atomic mass is 10.1. The molecule has 5 heteroatoms. The number of aryl methyl sites for hydroxylation is 1. The highest BCUT2D eigenvalue weighted by Gasteiger charge is 2.23. The molecule has 1 aliphatic heterocycles. The largest absolute Gasteiger partial charge is 0.368 e. The molecule has 1 saturated heterocycles. The van der Waals surface area contributed by atoms with E-state index in [4.69, 9.17) is 4.74 Å². The summed E-state index contributed by atoms with van der Waals surface area (Å²) in [6.07, 6.45) is 2.58. The minimum absolute atomic E-state index is 0.00902. The first-order valence-electron chi connectivity index (χ1n) is 7.05. The molecule has 1 N–H and O–H groups in total. The molecule has 1 atom stereocenters. The molecular formula is C14H23N3O2. The summed E-state index contributed by atoms with van der Waals surface area (Å²) < 4.78 is 7.32. The van der Waals surface area contributed by atoms with Gasteiger partial charge in [-0.05, 0) is 38.7 Å². The van der Waals surface area contributed by atoms with Crippen molar-refractivity contribution in [1.29, 1.82) is 0 Å². The van der Waals surface area contributed by atoms with Crippen LogP contribution in [0, 0.1) is 13.8 Å². The SMILES string of the molecule is CCc1c(C)nn(CCNC(=O)[C@@H]2CCCO2)c1C. The third kappa shape index (κ3) is 3.15. The van der Waals surface area contributed by atoms with Gasteiger partial charge in [0.05, 0.1) is 12.2 Å². The van der Waals surface area contributed by atoms with Crippen LogP contribution in [-0.2, 0) is 22.5 Å². The Labute approximate surface area is 114 Å². The number of hydrogen-bond donors (Lipinski definition) is 1. The van der Waals surface area contributed by atoms with Crippen molar-refractivity contribution in [3.05, 3.63) is 17.0 Å². The number of amides is 1. The molecular weight excluding hydrogens is 242 g/mol. The van der Waals surface area contributed by atoms with Crippen molar-refractivity contribution in [2.75, 3.05) is 13.2 Å². The summed E-state index contributed by atoms with van der Waals surface area (Å²) in [7, 11) is 0. The van der Waals surface area contributed by atoms with E-state index in [1.54, 1.807) is 0 Å². The standard InChI is InChI=1S/C14H23N3O2/c1-4-12-10(2)16-17(11(12)3)8-7-15-14(18)13-6-5-9-19-13/h13H,4-9H2,1-3H3,(H,15,18)/t13-/m0/s1. The Hall–Kier alpha value is -1.36. The summed E-state index contributed by atoms with van der Waals surface area (Å²) in [6.45, 7) is 8.28. The first kappa shape index (κ1) is 14.1. The zero-order valence-electron chi connectivity index (χ0n) is 12.0. The molecule has 19 heavy (non-hydrogen) atoms. The minimum atomic E-state index is -0.244. The van der Waals surface area contributed by atoms with Crippen LogP contribution in [0.1, 0.15) is 36.7 Å². The van der Waals surface area contributed by atoms with Gasteiger partial charge in [0.2, 0.25) is 5.91 Å². The van der Waals surface area contributed by atoms with Crippen molar-refractivity contribution in [3.63, 3.8) is 0 Å². The predicted octanol–water partition coefficient (Wildman–Crippen LogP) is 1.36. The van der Waals surface area contributed by atoms with Gasteiger partial charge in [-0.1, -0.05) is 6.92 Å². The molecule has 0 radical (unpaired) electrons. The van der Waals surface area contributed by atoms with E-state index >= 15 is 0 Å². The normalized spacial score (nSPS) is 18.8. The molecule has 2 rings (SSSR count). The van der Waals surface area contributed by atoms with Crippen LogP contribution in [0.3, 0.4) is 0 Å². The summed E-state index contributed by atoms with van der Waals surface area (Å²) in [4.78, 5) is 11.8. The quantitative estimate of drug-likeness (QED) is 0.874. The molecule has 0 saturated carbocycles. The topological polar surface area (TPSA) is 56.2 Å². The predicted molar refractivity (Wildman–Crippen MR) is 73.1 cm³/mol. The van der Waals surface area contributed by atoms with Crippen molar-refractivity contribution >= 4 is 5.91 Å². The van der Waals surface area contributed by atoms with Crippen molar-refractivity contribution in [1.82, 2.24) is 15.1 Å². The average molecular weight is 265 g/mol. The highest BCUT2D eigenvalue weighted by molar-refractivity contribution is 5.80. The Morgan fingerprint density at radius 1 is 1.53 bits per heavy atom. The van der Waals surface area contributed by atoms with Gasteiger partial charge in [0, 0.05) is 18.8 Å². The Morgan fingerprint density at radius 2 is 2.32 bits per heavy atom. The van der Waals surface area contributed by atoms with Gasteiger partial charge in [0.15, 0.2) is 0 Å². The highest BCUT2D eigenvalue weighted by Crippen LogP contribution is 2.13. The van der Waals surface area contributed by atoms with Gasteiger partial charge in [-0.15, -0.1) is 0 Å². The molecule has 0 spiro atoms. The molecule has 0 bridgehead atoms. The van der Waals surface area contributed by atoms with E-state index < -0.39 is 0 Å². The van der Waals surface area contributed by atoms with E-state index in [-0.39, 0.29) is 12.0 Å². The number of carbonyl (C=O) groups excluding carboxylic acids is 1. The number of rotatable bonds is 5. The summed E-state index contributed by atoms with van der Waals surface area (Å²) in [5.74, 6) is 0.00902. The molecule has 0 aromatic carbocycles. The van der Waals surface area contributed by atoms with E-state index in [0.29, 0.717) is 19.7 Å². The van der Waals surface area contributed by atoms with E-state index in [9.17, 15) is 4.79 Å². The monoisotopic (exact) mass is 265 g/mol. The lowest BCUT2D eigenvalue weighted by Crippen LogP contribution is -2.36. The maximum atomic E-state index is 11.8. The van der Waals surface area contributed by atoms with Gasteiger partial charge < -0.3 is 10.1 Å². The molecule has 2 heterocycles. The Morgan fingerprint density at radius 3 is 2.89 bits per heavy atom. The van der Waals surface area contributed by atoms with E-state index in [2.05, 4.69) is 24.3 Å². The number of ether oxygens (including phenoxy) is 1. The summed E-state index contributed by atoms with van der Waals surface area (Å²) >= 11 is 0. The first-order chi connectivity index (χ1) is 9.13. The summed E-state index contributed by atoms with van der Waals surface area (Å²) in [5.41, 5.74) is 3.60. The molecule has 0 unspecified atom stereocenters. The van der Waals surface area contributed by atoms with Crippen molar-refractivity contribution < 1.29 is 9.53 Å². The van der Waals surface area contributed by atoms with Crippen LogP contribution in [0.25, 0.3) is 0 Å². The van der Waals surface area contributed by atoms with Gasteiger partial charge in [0.1, 0.15) is 6.10 Å². The summed E-state index contributed by atoms with van der Waals surface area (Å²) in [6, 6.07) is 0. The number of nitrogens with one attached hydrogen (secondary N) is 1. The zero-order chi connectivity index (χ0) is 13.8. The Bertz CT molecular complexity index is 448. The zero-order valence-corrected chi connectivity index (χ0v) is 12.0. The Balaban J connectivity index is 1.84. The fourth-order valence-corrected chi connectivity index (χ4v) is 2.65. The lowest BCUT2D eigenvalue weighted by molar-refractivity contribution is -0.130. The smallest absolute Gasteiger partial charge is 0.249 e. The molecule has 1 amide bonds. The summed E-state index contributed by atoms with van der Waals surface area (Å²) in [5, 5.41) is 7.43. The van der Waals surface area contributed by atoms with Crippen LogP contribution in [-0.4, -0.2) is 34.9 Å². The lowest BCUT2D eigenvalue weighted by Gasteiger charge is -2.11. The van der Waals surface area contributed by atoms with Crippen LogP contribution >= 0.6 is 0 Å². The molecule has 1 aromatic rings. The van der Waals surface area contributed by atoms with Gasteiger partial charge in [-0.25, -0.2) is 0 Å². The average Bonchev–Trinajstić information content (AvgIpc) is 2.99. The maximum absolute atomic E-state index is 11.8. The third-order valence-electron chi connectivity index (χ3n) is 3.73. The van der Waals surface area contributed by atoms with Crippen molar-refractivity contribution in [2.45, 2.75) is 52.7 Å². The minimum Gasteiger partial charge on any atom is -0.368 e. The van der Waals surface area contributed by atoms with Crippen LogP contribution in [0.2, 0.25) is 0 Å². The second kappa shape index (κ2) is 6.19.